The Labute approximate surface area is 129 Å². The van der Waals surface area contributed by atoms with E-state index in [1.165, 1.54) is 0 Å². The molecule has 0 saturated heterocycles. The summed E-state index contributed by atoms with van der Waals surface area (Å²) in [4.78, 5) is 4.44. The lowest BCUT2D eigenvalue weighted by atomic mass is 10.0. The van der Waals surface area contributed by atoms with Gasteiger partial charge in [0.25, 0.3) is 0 Å². The van der Waals surface area contributed by atoms with E-state index >= 15 is 0 Å². The molecular weight excluding hydrogens is 308 g/mol. The SMILES string of the molecule is CC1(NS(=O)(=O)c2ccc3nc(Cl)ccc3c2)CCCC1. The van der Waals surface area contributed by atoms with Crippen molar-refractivity contribution in [2.24, 2.45) is 0 Å². The van der Waals surface area contributed by atoms with Gasteiger partial charge >= 0.3 is 0 Å². The lowest BCUT2D eigenvalue weighted by Gasteiger charge is -2.24. The van der Waals surface area contributed by atoms with Crippen LogP contribution < -0.4 is 4.72 Å². The fourth-order valence-corrected chi connectivity index (χ4v) is 4.54. The number of pyridine rings is 1. The predicted octanol–water partition coefficient (Wildman–Crippen LogP) is 3.50. The van der Waals surface area contributed by atoms with Crippen LogP contribution in [-0.4, -0.2) is 18.9 Å². The van der Waals surface area contributed by atoms with Gasteiger partial charge in [0.15, 0.2) is 0 Å². The minimum atomic E-state index is -3.51. The first-order chi connectivity index (χ1) is 9.88. The second-order valence-electron chi connectivity index (χ2n) is 5.86. The molecule has 1 N–H and O–H groups in total. The smallest absolute Gasteiger partial charge is 0.236 e. The number of rotatable bonds is 3. The van der Waals surface area contributed by atoms with E-state index < -0.39 is 10.0 Å². The van der Waals surface area contributed by atoms with Crippen LogP contribution in [0.1, 0.15) is 32.6 Å². The van der Waals surface area contributed by atoms with Gasteiger partial charge in [0.1, 0.15) is 5.15 Å². The van der Waals surface area contributed by atoms with Crippen molar-refractivity contribution >= 4 is 32.5 Å². The molecule has 1 fully saturated rings. The van der Waals surface area contributed by atoms with Crippen molar-refractivity contribution in [3.8, 4) is 0 Å². The molecule has 0 atom stereocenters. The third-order valence-electron chi connectivity index (χ3n) is 4.02. The van der Waals surface area contributed by atoms with Crippen LogP contribution in [-0.2, 0) is 10.0 Å². The molecule has 0 radical (unpaired) electrons. The summed E-state index contributed by atoms with van der Waals surface area (Å²) in [6, 6.07) is 8.34. The zero-order valence-corrected chi connectivity index (χ0v) is 13.3. The second kappa shape index (κ2) is 5.23. The molecule has 1 heterocycles. The molecule has 1 aliphatic rings. The summed E-state index contributed by atoms with van der Waals surface area (Å²) in [6.07, 6.45) is 3.91. The van der Waals surface area contributed by atoms with Gasteiger partial charge in [0, 0.05) is 10.9 Å². The Balaban J connectivity index is 1.97. The van der Waals surface area contributed by atoms with Crippen LogP contribution >= 0.6 is 11.6 Å². The van der Waals surface area contributed by atoms with Gasteiger partial charge in [-0.05, 0) is 50.1 Å². The highest BCUT2D eigenvalue weighted by molar-refractivity contribution is 7.89. The molecule has 6 heteroatoms. The van der Waals surface area contributed by atoms with Gasteiger partial charge in [-0.15, -0.1) is 0 Å². The van der Waals surface area contributed by atoms with Crippen molar-refractivity contribution in [3.63, 3.8) is 0 Å². The highest BCUT2D eigenvalue weighted by atomic mass is 35.5. The van der Waals surface area contributed by atoms with E-state index in [4.69, 9.17) is 11.6 Å². The molecule has 1 aromatic carbocycles. The first-order valence-electron chi connectivity index (χ1n) is 6.98. The molecule has 0 unspecified atom stereocenters. The van der Waals surface area contributed by atoms with Crippen LogP contribution in [0.25, 0.3) is 10.9 Å². The number of nitrogens with one attached hydrogen (secondary N) is 1. The van der Waals surface area contributed by atoms with Gasteiger partial charge in [-0.3, -0.25) is 0 Å². The number of aromatic nitrogens is 1. The van der Waals surface area contributed by atoms with Crippen LogP contribution in [0.4, 0.5) is 0 Å². The maximum atomic E-state index is 12.5. The summed E-state index contributed by atoms with van der Waals surface area (Å²) >= 11 is 5.84. The van der Waals surface area contributed by atoms with Crippen molar-refractivity contribution in [3.05, 3.63) is 35.5 Å². The Morgan fingerprint density at radius 3 is 2.62 bits per heavy atom. The molecule has 0 amide bonds. The first kappa shape index (κ1) is 14.8. The molecule has 4 nitrogen and oxygen atoms in total. The Morgan fingerprint density at radius 1 is 1.19 bits per heavy atom. The number of hydrogen-bond acceptors (Lipinski definition) is 3. The van der Waals surface area contributed by atoms with Crippen LogP contribution in [0.3, 0.4) is 0 Å². The van der Waals surface area contributed by atoms with Crippen molar-refractivity contribution in [2.45, 2.75) is 43.0 Å². The summed E-state index contributed by atoms with van der Waals surface area (Å²) in [5.41, 5.74) is 0.361. The van der Waals surface area contributed by atoms with Gasteiger partial charge in [0.2, 0.25) is 10.0 Å². The molecule has 0 bridgehead atoms. The monoisotopic (exact) mass is 324 g/mol. The van der Waals surface area contributed by atoms with Crippen molar-refractivity contribution < 1.29 is 8.42 Å². The molecule has 0 spiro atoms. The summed E-state index contributed by atoms with van der Waals surface area (Å²) in [5.74, 6) is 0. The third-order valence-corrected chi connectivity index (χ3v) is 5.87. The number of hydrogen-bond donors (Lipinski definition) is 1. The summed E-state index contributed by atoms with van der Waals surface area (Å²) in [6.45, 7) is 1.97. The van der Waals surface area contributed by atoms with Gasteiger partial charge < -0.3 is 0 Å². The summed E-state index contributed by atoms with van der Waals surface area (Å²) in [7, 11) is -3.51. The van der Waals surface area contributed by atoms with E-state index in [9.17, 15) is 8.42 Å². The normalized spacial score (nSPS) is 18.2. The van der Waals surface area contributed by atoms with Gasteiger partial charge in [0.05, 0.1) is 10.4 Å². The van der Waals surface area contributed by atoms with Crippen molar-refractivity contribution in [2.75, 3.05) is 0 Å². The molecule has 1 saturated carbocycles. The second-order valence-corrected chi connectivity index (χ2v) is 7.93. The number of nitrogens with zero attached hydrogens (tertiary/aromatic N) is 1. The van der Waals surface area contributed by atoms with Crippen molar-refractivity contribution in [1.29, 1.82) is 0 Å². The Kier molecular flexibility index (Phi) is 3.67. The fourth-order valence-electron chi connectivity index (χ4n) is 2.89. The molecule has 21 heavy (non-hydrogen) atoms. The molecular formula is C15H17ClN2O2S. The van der Waals surface area contributed by atoms with Crippen LogP contribution in [0.2, 0.25) is 5.15 Å². The van der Waals surface area contributed by atoms with Crippen LogP contribution in [0.5, 0.6) is 0 Å². The van der Waals surface area contributed by atoms with Gasteiger partial charge in [-0.1, -0.05) is 24.4 Å². The average Bonchev–Trinajstić information content (AvgIpc) is 2.83. The van der Waals surface area contributed by atoms with Crippen LogP contribution in [0.15, 0.2) is 35.2 Å². The molecule has 0 aliphatic heterocycles. The standard InChI is InChI=1S/C15H17ClN2O2S/c1-15(8-2-3-9-15)18-21(19,20)12-5-6-13-11(10-12)4-7-14(16)17-13/h4-7,10,18H,2-3,8-9H2,1H3. The Morgan fingerprint density at radius 2 is 1.90 bits per heavy atom. The topological polar surface area (TPSA) is 59.1 Å². The molecule has 1 aliphatic carbocycles. The number of fused-ring (bicyclic) bond motifs is 1. The van der Waals surface area contributed by atoms with E-state index in [0.29, 0.717) is 10.7 Å². The first-order valence-corrected chi connectivity index (χ1v) is 8.84. The van der Waals surface area contributed by atoms with E-state index in [0.717, 1.165) is 31.1 Å². The summed E-state index contributed by atoms with van der Waals surface area (Å²) < 4.78 is 27.9. The number of halogens is 1. The van der Waals surface area contributed by atoms with E-state index in [1.54, 1.807) is 30.3 Å². The fraction of sp³-hybridized carbons (Fsp3) is 0.400. The summed E-state index contributed by atoms with van der Waals surface area (Å²) in [5, 5.41) is 1.16. The largest absolute Gasteiger partial charge is 0.241 e. The average molecular weight is 325 g/mol. The molecule has 3 rings (SSSR count). The highest BCUT2D eigenvalue weighted by Crippen LogP contribution is 2.31. The lowest BCUT2D eigenvalue weighted by molar-refractivity contribution is 0.427. The molecule has 1 aromatic heterocycles. The quantitative estimate of drug-likeness (QED) is 0.879. The minimum absolute atomic E-state index is 0.271. The zero-order valence-electron chi connectivity index (χ0n) is 11.8. The Hall–Kier alpha value is -1.17. The Bertz CT molecular complexity index is 783. The maximum absolute atomic E-state index is 12.5. The number of benzene rings is 1. The van der Waals surface area contributed by atoms with Gasteiger partial charge in [-0.25, -0.2) is 18.1 Å². The van der Waals surface area contributed by atoms with E-state index in [-0.39, 0.29) is 10.4 Å². The minimum Gasteiger partial charge on any atom is -0.236 e. The van der Waals surface area contributed by atoms with Gasteiger partial charge in [-0.2, -0.15) is 0 Å². The molecule has 2 aromatic rings. The molecule has 112 valence electrons. The highest BCUT2D eigenvalue weighted by Gasteiger charge is 2.33. The van der Waals surface area contributed by atoms with Crippen molar-refractivity contribution in [1.82, 2.24) is 9.71 Å². The third kappa shape index (κ3) is 3.05. The maximum Gasteiger partial charge on any atom is 0.241 e. The zero-order chi connectivity index (χ0) is 15.1. The lowest BCUT2D eigenvalue weighted by Crippen LogP contribution is -2.43. The van der Waals surface area contributed by atoms with Crippen LogP contribution in [0, 0.1) is 0 Å². The van der Waals surface area contributed by atoms with E-state index in [2.05, 4.69) is 9.71 Å². The predicted molar refractivity (Wildman–Crippen MR) is 83.9 cm³/mol. The van der Waals surface area contributed by atoms with E-state index in [1.807, 2.05) is 6.92 Å². The number of sulfonamides is 1.